The molecule has 0 aliphatic rings. The van der Waals surface area contributed by atoms with Crippen LogP contribution in [0.2, 0.25) is 0 Å². The van der Waals surface area contributed by atoms with E-state index in [1.54, 1.807) is 0 Å². The fraction of sp³-hybridized carbons (Fsp3) is 1.00. The zero-order valence-corrected chi connectivity index (χ0v) is 4.73. The van der Waals surface area contributed by atoms with Gasteiger partial charge in [-0.15, -0.1) is 11.6 Å². The van der Waals surface area contributed by atoms with Crippen LogP contribution in [-0.4, -0.2) is 28.8 Å². The highest BCUT2D eigenvalue weighted by molar-refractivity contribution is 6.17. The van der Waals surface area contributed by atoms with Crippen LogP contribution in [0.1, 0.15) is 6.42 Å². The molecule has 2 nitrogen and oxygen atoms in total. The molecular formula is C4H9ClO2. The Balaban J connectivity index is 2.83. The lowest BCUT2D eigenvalue weighted by Crippen LogP contribution is -2.11. The van der Waals surface area contributed by atoms with Crippen molar-refractivity contribution in [1.29, 1.82) is 0 Å². The third-order valence-electron chi connectivity index (χ3n) is 0.653. The van der Waals surface area contributed by atoms with Gasteiger partial charge in [-0.25, -0.2) is 0 Å². The molecule has 0 saturated carbocycles. The predicted molar refractivity (Wildman–Crippen MR) is 28.4 cm³/mol. The maximum atomic E-state index is 8.52. The van der Waals surface area contributed by atoms with Gasteiger partial charge in [0.05, 0.1) is 12.7 Å². The first-order valence-corrected chi connectivity index (χ1v) is 2.69. The number of halogens is 1. The van der Waals surface area contributed by atoms with Crippen LogP contribution in [-0.2, 0) is 0 Å². The van der Waals surface area contributed by atoms with Crippen molar-refractivity contribution in [3.05, 3.63) is 0 Å². The van der Waals surface area contributed by atoms with Crippen LogP contribution >= 0.6 is 11.6 Å². The first-order valence-electron chi connectivity index (χ1n) is 2.16. The first kappa shape index (κ1) is 7.21. The molecule has 0 aromatic rings. The van der Waals surface area contributed by atoms with Gasteiger partial charge in [0.2, 0.25) is 0 Å². The predicted octanol–water partition coefficient (Wildman–Crippen LogP) is -0.0315. The molecule has 1 unspecified atom stereocenters. The van der Waals surface area contributed by atoms with Gasteiger partial charge in [-0.1, -0.05) is 0 Å². The van der Waals surface area contributed by atoms with Crippen LogP contribution in [0.4, 0.5) is 0 Å². The molecule has 1 atom stereocenters. The van der Waals surface area contributed by atoms with E-state index in [2.05, 4.69) is 0 Å². The maximum Gasteiger partial charge on any atom is 0.0782 e. The van der Waals surface area contributed by atoms with Crippen molar-refractivity contribution in [3.8, 4) is 0 Å². The second kappa shape index (κ2) is 4.37. The molecule has 0 aromatic heterocycles. The quantitative estimate of drug-likeness (QED) is 0.519. The van der Waals surface area contributed by atoms with Crippen molar-refractivity contribution in [3.63, 3.8) is 0 Å². The van der Waals surface area contributed by atoms with Crippen LogP contribution in [0.5, 0.6) is 0 Å². The maximum absolute atomic E-state index is 8.52. The second-order valence-electron chi connectivity index (χ2n) is 1.31. The molecule has 0 rings (SSSR count). The Labute approximate surface area is 47.7 Å². The minimum atomic E-state index is -0.627. The molecule has 3 heteroatoms. The van der Waals surface area contributed by atoms with Gasteiger partial charge in [0.25, 0.3) is 0 Å². The van der Waals surface area contributed by atoms with Crippen LogP contribution in [0.15, 0.2) is 0 Å². The average molecular weight is 125 g/mol. The number of alkyl halides is 1. The fourth-order valence-electron chi connectivity index (χ4n) is 0.217. The summed E-state index contributed by atoms with van der Waals surface area (Å²) in [5.41, 5.74) is 0. The third kappa shape index (κ3) is 4.05. The molecule has 44 valence electrons. The summed E-state index contributed by atoms with van der Waals surface area (Å²) in [6.45, 7) is -0.188. The first-order chi connectivity index (χ1) is 3.31. The smallest absolute Gasteiger partial charge is 0.0782 e. The average Bonchev–Trinajstić information content (AvgIpc) is 1.68. The van der Waals surface area contributed by atoms with E-state index in [-0.39, 0.29) is 6.61 Å². The highest BCUT2D eigenvalue weighted by atomic mass is 35.5. The number of rotatable bonds is 3. The summed E-state index contributed by atoms with van der Waals surface area (Å²) >= 11 is 5.20. The lowest BCUT2D eigenvalue weighted by Gasteiger charge is -2.00. The van der Waals surface area contributed by atoms with Gasteiger partial charge < -0.3 is 10.2 Å². The third-order valence-corrected chi connectivity index (χ3v) is 0.871. The topological polar surface area (TPSA) is 40.5 Å². The molecule has 0 spiro atoms. The minimum Gasteiger partial charge on any atom is -0.394 e. The van der Waals surface area contributed by atoms with E-state index in [9.17, 15) is 0 Å². The summed E-state index contributed by atoms with van der Waals surface area (Å²) in [6, 6.07) is 0. The number of aliphatic hydroxyl groups is 2. The Morgan fingerprint density at radius 2 is 2.14 bits per heavy atom. The summed E-state index contributed by atoms with van der Waals surface area (Å²) in [6.07, 6.45) is -0.157. The van der Waals surface area contributed by atoms with Crippen molar-refractivity contribution in [1.82, 2.24) is 0 Å². The van der Waals surface area contributed by atoms with Crippen molar-refractivity contribution in [2.75, 3.05) is 12.5 Å². The van der Waals surface area contributed by atoms with Gasteiger partial charge in [-0.3, -0.25) is 0 Å². The van der Waals surface area contributed by atoms with E-state index in [4.69, 9.17) is 21.8 Å². The Hall–Kier alpha value is 0.210. The van der Waals surface area contributed by atoms with Gasteiger partial charge in [0.15, 0.2) is 0 Å². The van der Waals surface area contributed by atoms with Crippen molar-refractivity contribution < 1.29 is 10.2 Å². The van der Waals surface area contributed by atoms with Crippen molar-refractivity contribution in [2.45, 2.75) is 12.5 Å². The van der Waals surface area contributed by atoms with Crippen molar-refractivity contribution >= 4 is 11.6 Å². The van der Waals surface area contributed by atoms with Crippen LogP contribution in [0.25, 0.3) is 0 Å². The SMILES string of the molecule is OCC(O)CCCl. The highest BCUT2D eigenvalue weighted by Gasteiger charge is 1.96. The molecule has 0 aliphatic carbocycles. The van der Waals surface area contributed by atoms with Gasteiger partial charge in [-0.05, 0) is 6.42 Å². The molecule has 0 saturated heterocycles. The minimum absolute atomic E-state index is 0.188. The summed E-state index contributed by atoms with van der Waals surface area (Å²) < 4.78 is 0. The Bertz CT molecular complexity index is 40.7. The monoisotopic (exact) mass is 124 g/mol. The largest absolute Gasteiger partial charge is 0.394 e. The van der Waals surface area contributed by atoms with E-state index < -0.39 is 6.10 Å². The van der Waals surface area contributed by atoms with E-state index >= 15 is 0 Å². The fourth-order valence-corrected chi connectivity index (χ4v) is 0.469. The van der Waals surface area contributed by atoms with Crippen LogP contribution < -0.4 is 0 Å². The second-order valence-corrected chi connectivity index (χ2v) is 1.69. The van der Waals surface area contributed by atoms with E-state index in [1.807, 2.05) is 0 Å². The lowest BCUT2D eigenvalue weighted by molar-refractivity contribution is 0.0930. The number of hydrogen-bond donors (Lipinski definition) is 2. The molecule has 7 heavy (non-hydrogen) atoms. The summed E-state index contributed by atoms with van der Waals surface area (Å²) in [4.78, 5) is 0. The number of aliphatic hydroxyl groups excluding tert-OH is 2. The molecule has 0 amide bonds. The molecule has 0 heterocycles. The lowest BCUT2D eigenvalue weighted by atomic mass is 10.3. The molecule has 0 bridgehead atoms. The zero-order valence-electron chi connectivity index (χ0n) is 3.97. The highest BCUT2D eigenvalue weighted by Crippen LogP contribution is 1.90. The molecule has 2 N–H and O–H groups in total. The van der Waals surface area contributed by atoms with E-state index in [0.29, 0.717) is 12.3 Å². The number of hydrogen-bond acceptors (Lipinski definition) is 2. The Kier molecular flexibility index (Phi) is 4.50. The van der Waals surface area contributed by atoms with E-state index in [1.165, 1.54) is 0 Å². The molecule has 0 aliphatic heterocycles. The molecule has 0 fully saturated rings. The zero-order chi connectivity index (χ0) is 5.70. The Morgan fingerprint density at radius 1 is 1.57 bits per heavy atom. The van der Waals surface area contributed by atoms with Gasteiger partial charge >= 0.3 is 0 Å². The Morgan fingerprint density at radius 3 is 2.29 bits per heavy atom. The van der Waals surface area contributed by atoms with Crippen molar-refractivity contribution in [2.24, 2.45) is 0 Å². The summed E-state index contributed by atoms with van der Waals surface area (Å²) in [5, 5.41) is 16.7. The standard InChI is InChI=1S/C4H9ClO2/c5-2-1-4(7)3-6/h4,6-7H,1-3H2. The van der Waals surface area contributed by atoms with Gasteiger partial charge in [0, 0.05) is 5.88 Å². The van der Waals surface area contributed by atoms with E-state index in [0.717, 1.165) is 0 Å². The van der Waals surface area contributed by atoms with Gasteiger partial charge in [0.1, 0.15) is 0 Å². The summed E-state index contributed by atoms with van der Waals surface area (Å²) in [7, 11) is 0. The van der Waals surface area contributed by atoms with Crippen LogP contribution in [0.3, 0.4) is 0 Å². The normalized spacial score (nSPS) is 14.1. The van der Waals surface area contributed by atoms with Gasteiger partial charge in [-0.2, -0.15) is 0 Å². The van der Waals surface area contributed by atoms with Crippen LogP contribution in [0, 0.1) is 0 Å². The molecule has 0 radical (unpaired) electrons. The molecular weight excluding hydrogens is 115 g/mol. The summed E-state index contributed by atoms with van der Waals surface area (Å²) in [5.74, 6) is 0.404. The molecule has 0 aromatic carbocycles.